The smallest absolute Gasteiger partial charge is 0.320 e. The van der Waals surface area contributed by atoms with Crippen molar-refractivity contribution in [2.45, 2.75) is 0 Å². The topological polar surface area (TPSA) is 83.3 Å². The summed E-state index contributed by atoms with van der Waals surface area (Å²) in [5, 5.41) is 0. The fourth-order valence-corrected chi connectivity index (χ4v) is 1.76. The van der Waals surface area contributed by atoms with Crippen molar-refractivity contribution in [1.82, 2.24) is 9.97 Å². The minimum Gasteiger partial charge on any atom is -0.320 e. The van der Waals surface area contributed by atoms with Crippen molar-refractivity contribution in [3.63, 3.8) is 0 Å². The molecule has 0 aliphatic rings. The van der Waals surface area contributed by atoms with E-state index in [-0.39, 0.29) is 5.44 Å². The van der Waals surface area contributed by atoms with E-state index in [1.165, 1.54) is 6.07 Å². The molecule has 2 aromatic rings. The van der Waals surface area contributed by atoms with E-state index < -0.39 is 7.60 Å². The average Bonchev–Trinajstić information content (AvgIpc) is 2.29. The maximum Gasteiger partial charge on any atom is 0.374 e. The number of hydrogen-bond donors (Lipinski definition) is 2. The zero-order valence-electron chi connectivity index (χ0n) is 8.19. The van der Waals surface area contributed by atoms with E-state index in [4.69, 9.17) is 9.79 Å². The van der Waals surface area contributed by atoms with E-state index in [2.05, 4.69) is 9.97 Å². The van der Waals surface area contributed by atoms with Crippen molar-refractivity contribution < 1.29 is 14.4 Å². The largest absolute Gasteiger partial charge is 0.374 e. The molecule has 2 rings (SSSR count). The first-order chi connectivity index (χ1) is 7.57. The molecule has 0 amide bonds. The van der Waals surface area contributed by atoms with Crippen LogP contribution in [0.3, 0.4) is 0 Å². The Balaban J connectivity index is 2.49. The molecule has 0 radical (unpaired) electrons. The van der Waals surface area contributed by atoms with Crippen LogP contribution in [0.5, 0.6) is 0 Å². The Morgan fingerprint density at radius 1 is 1.00 bits per heavy atom. The summed E-state index contributed by atoms with van der Waals surface area (Å²) in [7, 11) is -4.30. The number of hydrogen-bond acceptors (Lipinski definition) is 3. The van der Waals surface area contributed by atoms with Gasteiger partial charge in [0.1, 0.15) is 0 Å². The molecule has 0 unspecified atom stereocenters. The summed E-state index contributed by atoms with van der Waals surface area (Å²) >= 11 is 0. The van der Waals surface area contributed by atoms with Crippen LogP contribution in [0, 0.1) is 0 Å². The second-order valence-electron chi connectivity index (χ2n) is 3.14. The molecular formula is C10H9N2O3P. The van der Waals surface area contributed by atoms with Gasteiger partial charge in [0.05, 0.1) is 11.4 Å². The molecule has 2 N–H and O–H groups in total. The highest BCUT2D eigenvalue weighted by Gasteiger charge is 2.19. The van der Waals surface area contributed by atoms with Gasteiger partial charge in [0, 0.05) is 6.20 Å². The van der Waals surface area contributed by atoms with E-state index in [1.54, 1.807) is 36.5 Å². The van der Waals surface area contributed by atoms with Crippen molar-refractivity contribution >= 4 is 13.0 Å². The summed E-state index contributed by atoms with van der Waals surface area (Å²) < 4.78 is 11.0. The molecular weight excluding hydrogens is 227 g/mol. The Bertz CT molecular complexity index is 539. The number of aromatic nitrogens is 2. The standard InChI is InChI=1S/C10H9N2O3P/c13-16(14,15)10-6-3-5-9(12-10)8-4-1-2-7-11-8/h1-7H,(H2,13,14,15). The van der Waals surface area contributed by atoms with Crippen LogP contribution < -0.4 is 5.44 Å². The van der Waals surface area contributed by atoms with Crippen molar-refractivity contribution in [1.29, 1.82) is 0 Å². The Kier molecular flexibility index (Phi) is 2.83. The highest BCUT2D eigenvalue weighted by atomic mass is 31.2. The van der Waals surface area contributed by atoms with Crippen LogP contribution in [0.25, 0.3) is 11.4 Å². The minimum absolute atomic E-state index is 0.240. The Morgan fingerprint density at radius 2 is 1.75 bits per heavy atom. The van der Waals surface area contributed by atoms with Crippen molar-refractivity contribution in [3.05, 3.63) is 42.6 Å². The van der Waals surface area contributed by atoms with Gasteiger partial charge in [-0.25, -0.2) is 4.98 Å². The monoisotopic (exact) mass is 236 g/mol. The van der Waals surface area contributed by atoms with Crippen molar-refractivity contribution in [2.75, 3.05) is 0 Å². The van der Waals surface area contributed by atoms with Crippen molar-refractivity contribution in [3.8, 4) is 11.4 Å². The highest BCUT2D eigenvalue weighted by Crippen LogP contribution is 2.32. The molecule has 0 aromatic carbocycles. The van der Waals surface area contributed by atoms with Crippen LogP contribution in [-0.2, 0) is 4.57 Å². The first kappa shape index (κ1) is 11.0. The summed E-state index contributed by atoms with van der Waals surface area (Å²) in [4.78, 5) is 25.9. The third-order valence-electron chi connectivity index (χ3n) is 1.96. The van der Waals surface area contributed by atoms with Gasteiger partial charge in [0.25, 0.3) is 0 Å². The van der Waals surface area contributed by atoms with Gasteiger partial charge in [0.2, 0.25) is 0 Å². The number of nitrogens with zero attached hydrogens (tertiary/aromatic N) is 2. The SMILES string of the molecule is O=P(O)(O)c1cccc(-c2ccccn2)n1. The van der Waals surface area contributed by atoms with Gasteiger partial charge in [-0.1, -0.05) is 12.1 Å². The molecule has 2 aromatic heterocycles. The quantitative estimate of drug-likeness (QED) is 0.758. The maximum atomic E-state index is 11.0. The molecule has 82 valence electrons. The predicted molar refractivity (Wildman–Crippen MR) is 59.1 cm³/mol. The van der Waals surface area contributed by atoms with E-state index >= 15 is 0 Å². The van der Waals surface area contributed by atoms with E-state index in [0.29, 0.717) is 11.4 Å². The van der Waals surface area contributed by atoms with Crippen LogP contribution in [0.4, 0.5) is 0 Å². The number of rotatable bonds is 2. The third-order valence-corrected chi connectivity index (χ3v) is 2.81. The van der Waals surface area contributed by atoms with E-state index in [0.717, 1.165) is 0 Å². The lowest BCUT2D eigenvalue weighted by molar-refractivity contribution is 0.386. The van der Waals surface area contributed by atoms with Gasteiger partial charge in [-0.05, 0) is 24.3 Å². The number of pyridine rings is 2. The van der Waals surface area contributed by atoms with Gasteiger partial charge in [-0.15, -0.1) is 0 Å². The molecule has 6 heteroatoms. The fourth-order valence-electron chi connectivity index (χ4n) is 1.24. The predicted octanol–water partition coefficient (Wildman–Crippen LogP) is 0.947. The third kappa shape index (κ3) is 2.33. The van der Waals surface area contributed by atoms with Gasteiger partial charge in [-0.2, -0.15) is 0 Å². The second-order valence-corrected chi connectivity index (χ2v) is 4.69. The molecule has 0 spiro atoms. The lowest BCUT2D eigenvalue weighted by Gasteiger charge is -2.04. The normalized spacial score (nSPS) is 11.4. The zero-order chi connectivity index (χ0) is 11.6. The molecule has 0 aliphatic heterocycles. The molecule has 0 fully saturated rings. The zero-order valence-corrected chi connectivity index (χ0v) is 9.08. The van der Waals surface area contributed by atoms with Crippen LogP contribution in [0.15, 0.2) is 42.6 Å². The van der Waals surface area contributed by atoms with Gasteiger partial charge in [0.15, 0.2) is 5.44 Å². The van der Waals surface area contributed by atoms with Crippen LogP contribution in [-0.4, -0.2) is 19.8 Å². The first-order valence-corrected chi connectivity index (χ1v) is 6.13. The van der Waals surface area contributed by atoms with Gasteiger partial charge >= 0.3 is 7.60 Å². The maximum absolute atomic E-state index is 11.0. The Labute approximate surface area is 92.0 Å². The minimum atomic E-state index is -4.30. The van der Waals surface area contributed by atoms with Crippen LogP contribution in [0.2, 0.25) is 0 Å². The average molecular weight is 236 g/mol. The molecule has 0 saturated heterocycles. The highest BCUT2D eigenvalue weighted by molar-refractivity contribution is 7.60. The fraction of sp³-hybridized carbons (Fsp3) is 0. The summed E-state index contributed by atoms with van der Waals surface area (Å²) in [6.45, 7) is 0. The van der Waals surface area contributed by atoms with Gasteiger partial charge < -0.3 is 9.79 Å². The molecule has 0 atom stereocenters. The van der Waals surface area contributed by atoms with Gasteiger partial charge in [-0.3, -0.25) is 9.55 Å². The summed E-state index contributed by atoms with van der Waals surface area (Å²) in [6.07, 6.45) is 1.60. The molecule has 0 saturated carbocycles. The van der Waals surface area contributed by atoms with Crippen molar-refractivity contribution in [2.24, 2.45) is 0 Å². The Morgan fingerprint density at radius 3 is 2.38 bits per heavy atom. The lowest BCUT2D eigenvalue weighted by Crippen LogP contribution is -2.09. The second kappa shape index (κ2) is 4.14. The summed E-state index contributed by atoms with van der Waals surface area (Å²) in [5.74, 6) is 0. The summed E-state index contributed by atoms with van der Waals surface area (Å²) in [5.41, 5.74) is 0.787. The molecule has 2 heterocycles. The van der Waals surface area contributed by atoms with Crippen LogP contribution in [0.1, 0.15) is 0 Å². The molecule has 0 aliphatic carbocycles. The first-order valence-electron chi connectivity index (χ1n) is 4.52. The molecule has 16 heavy (non-hydrogen) atoms. The lowest BCUT2D eigenvalue weighted by atomic mass is 10.2. The van der Waals surface area contributed by atoms with Crippen LogP contribution >= 0.6 is 7.60 Å². The van der Waals surface area contributed by atoms with E-state index in [1.807, 2.05) is 0 Å². The molecule has 5 nitrogen and oxygen atoms in total. The Hall–Kier alpha value is -1.55. The summed E-state index contributed by atoms with van der Waals surface area (Å²) in [6, 6.07) is 9.77. The molecule has 0 bridgehead atoms. The van der Waals surface area contributed by atoms with E-state index in [9.17, 15) is 4.57 Å².